The van der Waals surface area contributed by atoms with Crippen LogP contribution in [0.15, 0.2) is 36.4 Å². The number of pyridine rings is 1. The number of nitrogens with zero attached hydrogens (tertiary/aromatic N) is 6. The molecule has 0 spiro atoms. The van der Waals surface area contributed by atoms with E-state index in [2.05, 4.69) is 24.9 Å². The lowest BCUT2D eigenvalue weighted by Crippen LogP contribution is -2.37. The third-order valence-electron chi connectivity index (χ3n) is 10.8. The van der Waals surface area contributed by atoms with E-state index < -0.39 is 81.5 Å². The van der Waals surface area contributed by atoms with Crippen LogP contribution in [0.1, 0.15) is 83.5 Å². The molecule has 2 saturated carbocycles. The fraction of sp³-hybridized carbons (Fsp3) is 0.361. The number of benzene rings is 2. The number of carbonyl (C=O) groups excluding carboxylic acids is 1. The number of imidazole rings is 1. The smallest absolute Gasteiger partial charge is 0.293 e. The van der Waals surface area contributed by atoms with Crippen molar-refractivity contribution in [2.24, 2.45) is 18.7 Å². The topological polar surface area (TPSA) is 166 Å². The number of hydrogen-bond donors (Lipinski definition) is 3. The monoisotopic (exact) mass is 817 g/mol. The number of sulfonamides is 1. The van der Waals surface area contributed by atoms with Crippen LogP contribution in [0.2, 0.25) is 5.02 Å². The van der Waals surface area contributed by atoms with Crippen molar-refractivity contribution in [2.45, 2.75) is 61.8 Å². The van der Waals surface area contributed by atoms with Crippen molar-refractivity contribution in [1.82, 2.24) is 34.5 Å². The third-order valence-corrected chi connectivity index (χ3v) is 11.7. The van der Waals surface area contributed by atoms with E-state index in [4.69, 9.17) is 22.3 Å². The first-order chi connectivity index (χ1) is 26.4. The number of hydrogen-bond acceptors (Lipinski definition) is 7. The number of anilines is 1. The molecule has 1 amide bonds. The highest BCUT2D eigenvalue weighted by molar-refractivity contribution is 7.92. The molecule has 9 rings (SSSR count). The van der Waals surface area contributed by atoms with Crippen LogP contribution in [0, 0.1) is 17.6 Å². The standard InChI is InChI=1S/C36H30ClF6N9O3S/c1-51-28-17(5-6-22(37)25(28)35(49-51)50-56(2,54)55)18-12-23-34(47-33(45-23)14-3-4-14)46-26(18)20(9-13-7-15(38)10-16(39)8-13)29(32(44)53)52-30-24(27(48-52)31(40)41)19-11-21(19)36(30,42)43/h5-8,10,12,14,19-21,29,31H,3-4,9,11H2,1-2H3,(H2,44,53)(H,49,50)(H,45,46,47)/t19-,20+,21+,29?/m0/s1. The van der Waals surface area contributed by atoms with E-state index in [1.54, 1.807) is 12.1 Å². The number of nitrogens with two attached hydrogens (primary N) is 1. The quantitative estimate of drug-likeness (QED) is 0.118. The van der Waals surface area contributed by atoms with Crippen LogP contribution < -0.4 is 10.5 Å². The zero-order valence-corrected chi connectivity index (χ0v) is 30.9. The van der Waals surface area contributed by atoms with Gasteiger partial charge < -0.3 is 10.7 Å². The van der Waals surface area contributed by atoms with Crippen molar-refractivity contribution in [3.8, 4) is 11.1 Å². The van der Waals surface area contributed by atoms with Crippen molar-refractivity contribution >= 4 is 55.4 Å². The van der Waals surface area contributed by atoms with Gasteiger partial charge in [0.2, 0.25) is 15.9 Å². The van der Waals surface area contributed by atoms with E-state index >= 15 is 8.78 Å². The molecule has 3 aliphatic carbocycles. The molecule has 12 nitrogen and oxygen atoms in total. The predicted octanol–water partition coefficient (Wildman–Crippen LogP) is 7.09. The predicted molar refractivity (Wildman–Crippen MR) is 192 cm³/mol. The number of aromatic nitrogens is 7. The number of primary amides is 1. The van der Waals surface area contributed by atoms with E-state index in [1.807, 2.05) is 0 Å². The Hall–Kier alpha value is -5.17. The molecule has 6 aromatic rings. The number of nitrogens with one attached hydrogen (secondary N) is 2. The van der Waals surface area contributed by atoms with Gasteiger partial charge in [-0.3, -0.25) is 14.2 Å². The summed E-state index contributed by atoms with van der Waals surface area (Å²) >= 11 is 6.64. The zero-order chi connectivity index (χ0) is 39.7. The van der Waals surface area contributed by atoms with Crippen LogP contribution >= 0.6 is 11.6 Å². The normalized spacial score (nSPS) is 19.8. The summed E-state index contributed by atoms with van der Waals surface area (Å²) < 4.78 is 120. The molecule has 4 heterocycles. The second kappa shape index (κ2) is 12.4. The van der Waals surface area contributed by atoms with Gasteiger partial charge in [-0.05, 0) is 61.4 Å². The Morgan fingerprint density at radius 2 is 1.79 bits per heavy atom. The number of aryl methyl sites for hydroxylation is 1. The Kier molecular flexibility index (Phi) is 8.08. The average Bonchev–Trinajstić information content (AvgIpc) is 3.97. The molecule has 4 N–H and O–H groups in total. The van der Waals surface area contributed by atoms with Crippen molar-refractivity contribution in [3.63, 3.8) is 0 Å². The summed E-state index contributed by atoms with van der Waals surface area (Å²) in [7, 11) is -2.34. The highest BCUT2D eigenvalue weighted by atomic mass is 35.5. The summed E-state index contributed by atoms with van der Waals surface area (Å²) in [6, 6.07) is 5.30. The maximum Gasteiger partial charge on any atom is 0.293 e. The lowest BCUT2D eigenvalue weighted by Gasteiger charge is -2.29. The lowest BCUT2D eigenvalue weighted by atomic mass is 9.84. The van der Waals surface area contributed by atoms with Crippen LogP contribution in [0.4, 0.5) is 32.2 Å². The average molecular weight is 818 g/mol. The van der Waals surface area contributed by atoms with Crippen molar-refractivity contribution < 1.29 is 39.6 Å². The zero-order valence-electron chi connectivity index (χ0n) is 29.3. The molecule has 20 heteroatoms. The number of fused-ring (bicyclic) bond motifs is 5. The van der Waals surface area contributed by atoms with Gasteiger partial charge in [0, 0.05) is 47.6 Å². The SMILES string of the molecule is Cn1nc(NS(C)(=O)=O)c2c(Cl)ccc(-c3cc4[nH]c(C5CC5)nc4nc3[C@@H](Cc3cc(F)cc(F)c3)C(C(N)=O)n3nc(C(F)F)c4c3C(F)(F)[C@@H]3C[C@H]43)c21. The number of carbonyl (C=O) groups is 1. The molecule has 0 bridgehead atoms. The summed E-state index contributed by atoms with van der Waals surface area (Å²) in [5.74, 6) is -9.97. The first kappa shape index (κ1) is 36.5. The molecule has 4 aromatic heterocycles. The fourth-order valence-electron chi connectivity index (χ4n) is 8.31. The molecule has 0 aliphatic heterocycles. The van der Waals surface area contributed by atoms with Gasteiger partial charge in [0.05, 0.1) is 33.4 Å². The Morgan fingerprint density at radius 3 is 2.43 bits per heavy atom. The highest BCUT2D eigenvalue weighted by Gasteiger charge is 2.67. The van der Waals surface area contributed by atoms with Gasteiger partial charge >= 0.3 is 0 Å². The molecule has 3 aliphatic rings. The minimum absolute atomic E-state index is 0.0405. The Morgan fingerprint density at radius 1 is 1.07 bits per heavy atom. The van der Waals surface area contributed by atoms with Crippen LogP contribution in [0.25, 0.3) is 33.2 Å². The molecular weight excluding hydrogens is 788 g/mol. The lowest BCUT2D eigenvalue weighted by molar-refractivity contribution is -0.122. The Bertz CT molecular complexity index is 2740. The first-order valence-corrected chi connectivity index (χ1v) is 19.7. The van der Waals surface area contributed by atoms with Gasteiger partial charge in [-0.25, -0.2) is 40.6 Å². The second-order valence-corrected chi connectivity index (χ2v) is 16.9. The largest absolute Gasteiger partial charge is 0.368 e. The number of amides is 1. The fourth-order valence-corrected chi connectivity index (χ4v) is 9.05. The second-order valence-electron chi connectivity index (χ2n) is 14.8. The van der Waals surface area contributed by atoms with E-state index in [0.717, 1.165) is 31.2 Å². The summed E-state index contributed by atoms with van der Waals surface area (Å²) in [6.45, 7) is 0. The maximum absolute atomic E-state index is 16.1. The molecule has 292 valence electrons. The van der Waals surface area contributed by atoms with Gasteiger partial charge in [0.25, 0.3) is 12.3 Å². The number of H-pyrrole nitrogens is 1. The van der Waals surface area contributed by atoms with Crippen LogP contribution in [0.5, 0.6) is 0 Å². The van der Waals surface area contributed by atoms with Crippen molar-refractivity contribution in [1.29, 1.82) is 0 Å². The summed E-state index contributed by atoms with van der Waals surface area (Å²) in [6.07, 6.45) is -1.16. The molecule has 4 atom stereocenters. The van der Waals surface area contributed by atoms with E-state index in [-0.39, 0.29) is 62.1 Å². The van der Waals surface area contributed by atoms with Crippen LogP contribution in [0.3, 0.4) is 0 Å². The Balaban J connectivity index is 1.35. The van der Waals surface area contributed by atoms with E-state index in [1.165, 1.54) is 17.8 Å². The highest BCUT2D eigenvalue weighted by Crippen LogP contribution is 2.68. The summed E-state index contributed by atoms with van der Waals surface area (Å²) in [4.78, 5) is 26.6. The Labute approximate surface area is 318 Å². The van der Waals surface area contributed by atoms with Gasteiger partial charge in [-0.2, -0.15) is 19.0 Å². The molecule has 2 aromatic carbocycles. The van der Waals surface area contributed by atoms with E-state index in [0.29, 0.717) is 27.7 Å². The van der Waals surface area contributed by atoms with Crippen LogP contribution in [-0.4, -0.2) is 55.1 Å². The number of halogens is 7. The van der Waals surface area contributed by atoms with Gasteiger partial charge in [0.15, 0.2) is 11.5 Å². The van der Waals surface area contributed by atoms with Gasteiger partial charge in [0.1, 0.15) is 34.9 Å². The number of aromatic amines is 1. The van der Waals surface area contributed by atoms with Gasteiger partial charge in [-0.1, -0.05) is 17.7 Å². The van der Waals surface area contributed by atoms with Gasteiger partial charge in [-0.15, -0.1) is 0 Å². The summed E-state index contributed by atoms with van der Waals surface area (Å²) in [5, 5.41) is 8.58. The maximum atomic E-state index is 16.1. The third kappa shape index (κ3) is 5.88. The minimum Gasteiger partial charge on any atom is -0.368 e. The molecule has 1 unspecified atom stereocenters. The summed E-state index contributed by atoms with van der Waals surface area (Å²) in [5.41, 5.74) is 5.19. The first-order valence-electron chi connectivity index (χ1n) is 17.5. The van der Waals surface area contributed by atoms with Crippen LogP contribution in [-0.2, 0) is 34.2 Å². The number of alkyl halides is 4. The number of rotatable bonds is 11. The molecule has 0 radical (unpaired) electrons. The molecule has 0 saturated heterocycles. The molecule has 2 fully saturated rings. The van der Waals surface area contributed by atoms with Crippen molar-refractivity contribution in [3.05, 3.63) is 87.1 Å². The minimum atomic E-state index is -3.86. The van der Waals surface area contributed by atoms with Crippen molar-refractivity contribution in [2.75, 3.05) is 11.0 Å². The van der Waals surface area contributed by atoms with E-state index in [9.17, 15) is 30.8 Å². The molecule has 56 heavy (non-hydrogen) atoms. The molecular formula is C36H30ClF6N9O3S.